The summed E-state index contributed by atoms with van der Waals surface area (Å²) < 4.78 is 0. The number of nitrogens with two attached hydrogens (primary N) is 1. The third-order valence-corrected chi connectivity index (χ3v) is 4.96. The van der Waals surface area contributed by atoms with Crippen molar-refractivity contribution in [3.8, 4) is 0 Å². The Bertz CT molecular complexity index is 258. The summed E-state index contributed by atoms with van der Waals surface area (Å²) in [6.07, 6.45) is 8.26. The van der Waals surface area contributed by atoms with E-state index in [4.69, 9.17) is 5.73 Å². The van der Waals surface area contributed by atoms with Gasteiger partial charge in [0.15, 0.2) is 0 Å². The summed E-state index contributed by atoms with van der Waals surface area (Å²) in [6, 6.07) is 1.31. The Morgan fingerprint density at radius 1 is 1.17 bits per heavy atom. The van der Waals surface area contributed by atoms with E-state index >= 15 is 0 Å². The molecule has 2 aliphatic rings. The molecule has 0 amide bonds. The lowest BCUT2D eigenvalue weighted by atomic mass is 9.87. The van der Waals surface area contributed by atoms with E-state index in [0.29, 0.717) is 11.6 Å². The maximum Gasteiger partial charge on any atom is 0.0353 e. The molecule has 0 radical (unpaired) electrons. The number of rotatable bonds is 2. The maximum absolute atomic E-state index is 6.08. The predicted octanol–water partition coefficient (Wildman–Crippen LogP) is 2.06. The molecule has 0 spiro atoms. The first-order valence-electron chi connectivity index (χ1n) is 7.71. The van der Waals surface area contributed by atoms with Gasteiger partial charge in [0.05, 0.1) is 0 Å². The van der Waals surface area contributed by atoms with Gasteiger partial charge in [-0.15, -0.1) is 0 Å². The smallest absolute Gasteiger partial charge is 0.0353 e. The van der Waals surface area contributed by atoms with Gasteiger partial charge in [-0.25, -0.2) is 0 Å². The van der Waals surface area contributed by atoms with E-state index in [2.05, 4.69) is 30.7 Å². The lowest BCUT2D eigenvalue weighted by molar-refractivity contribution is 0.0153. The molecule has 0 aromatic rings. The molecule has 2 N–H and O–H groups in total. The second-order valence-electron chi connectivity index (χ2n) is 6.91. The number of hydrogen-bond donors (Lipinski definition) is 1. The van der Waals surface area contributed by atoms with Crippen LogP contribution in [0.25, 0.3) is 0 Å². The summed E-state index contributed by atoms with van der Waals surface area (Å²) in [5, 5.41) is 0. The van der Waals surface area contributed by atoms with Crippen LogP contribution in [0.5, 0.6) is 0 Å². The summed E-state index contributed by atoms with van der Waals surface area (Å²) in [7, 11) is 2.24. The Morgan fingerprint density at radius 2 is 1.83 bits per heavy atom. The Kier molecular flexibility index (Phi) is 4.68. The van der Waals surface area contributed by atoms with E-state index in [9.17, 15) is 0 Å². The van der Waals surface area contributed by atoms with Crippen LogP contribution in [0.4, 0.5) is 0 Å². The topological polar surface area (TPSA) is 32.5 Å². The monoisotopic (exact) mass is 253 g/mol. The second-order valence-corrected chi connectivity index (χ2v) is 6.91. The molecular formula is C15H31N3. The minimum atomic E-state index is 0.302. The molecule has 2 fully saturated rings. The molecule has 1 unspecified atom stereocenters. The molecule has 3 nitrogen and oxygen atoms in total. The van der Waals surface area contributed by atoms with Crippen LogP contribution in [-0.4, -0.2) is 54.1 Å². The van der Waals surface area contributed by atoms with Crippen molar-refractivity contribution in [1.82, 2.24) is 9.80 Å². The molecule has 2 rings (SSSR count). The predicted molar refractivity (Wildman–Crippen MR) is 77.7 cm³/mol. The van der Waals surface area contributed by atoms with Crippen molar-refractivity contribution in [2.75, 3.05) is 26.7 Å². The van der Waals surface area contributed by atoms with Gasteiger partial charge in [0.2, 0.25) is 0 Å². The quantitative estimate of drug-likeness (QED) is 0.817. The van der Waals surface area contributed by atoms with Crippen molar-refractivity contribution in [2.24, 2.45) is 5.73 Å². The molecule has 106 valence electrons. The molecule has 1 aliphatic carbocycles. The maximum atomic E-state index is 6.08. The minimum Gasteiger partial charge on any atom is -0.329 e. The van der Waals surface area contributed by atoms with Gasteiger partial charge in [-0.1, -0.05) is 19.3 Å². The highest BCUT2D eigenvalue weighted by Gasteiger charge is 2.39. The number of nitrogens with zero attached hydrogens (tertiary/aromatic N) is 2. The summed E-state index contributed by atoms with van der Waals surface area (Å²) in [6.45, 7) is 7.97. The molecule has 1 saturated carbocycles. The van der Waals surface area contributed by atoms with Crippen LogP contribution in [0, 0.1) is 0 Å². The average molecular weight is 253 g/mol. The van der Waals surface area contributed by atoms with E-state index < -0.39 is 0 Å². The lowest BCUT2D eigenvalue weighted by Gasteiger charge is -2.48. The first-order valence-corrected chi connectivity index (χ1v) is 7.71. The molecule has 1 heterocycles. The molecule has 0 bridgehead atoms. The van der Waals surface area contributed by atoms with Crippen molar-refractivity contribution in [2.45, 2.75) is 70.0 Å². The highest BCUT2D eigenvalue weighted by atomic mass is 15.3. The molecule has 1 aliphatic heterocycles. The van der Waals surface area contributed by atoms with Gasteiger partial charge >= 0.3 is 0 Å². The first kappa shape index (κ1) is 14.3. The fraction of sp³-hybridized carbons (Fsp3) is 1.00. The van der Waals surface area contributed by atoms with Gasteiger partial charge < -0.3 is 10.6 Å². The van der Waals surface area contributed by atoms with Gasteiger partial charge in [0.25, 0.3) is 0 Å². The zero-order chi connectivity index (χ0) is 13.2. The fourth-order valence-electron chi connectivity index (χ4n) is 3.97. The van der Waals surface area contributed by atoms with Crippen LogP contribution in [-0.2, 0) is 0 Å². The van der Waals surface area contributed by atoms with Gasteiger partial charge in [-0.2, -0.15) is 0 Å². The van der Waals surface area contributed by atoms with Crippen LogP contribution < -0.4 is 5.73 Å². The van der Waals surface area contributed by atoms with E-state index in [1.54, 1.807) is 0 Å². The van der Waals surface area contributed by atoms with Gasteiger partial charge in [0.1, 0.15) is 0 Å². The third-order valence-electron chi connectivity index (χ3n) is 4.96. The van der Waals surface area contributed by atoms with E-state index in [1.165, 1.54) is 45.1 Å². The lowest BCUT2D eigenvalue weighted by Crippen LogP contribution is -2.58. The van der Waals surface area contributed by atoms with Gasteiger partial charge in [-0.3, -0.25) is 4.90 Å². The molecule has 1 atom stereocenters. The van der Waals surface area contributed by atoms with Crippen molar-refractivity contribution in [3.05, 3.63) is 0 Å². The normalized spacial score (nSPS) is 32.3. The van der Waals surface area contributed by atoms with Crippen LogP contribution >= 0.6 is 0 Å². The van der Waals surface area contributed by atoms with Crippen molar-refractivity contribution in [3.63, 3.8) is 0 Å². The zero-order valence-corrected chi connectivity index (χ0v) is 12.5. The minimum absolute atomic E-state index is 0.302. The van der Waals surface area contributed by atoms with Crippen LogP contribution in [0.15, 0.2) is 0 Å². The summed E-state index contributed by atoms with van der Waals surface area (Å²) in [4.78, 5) is 5.25. The van der Waals surface area contributed by atoms with E-state index in [-0.39, 0.29) is 0 Å². The highest BCUT2D eigenvalue weighted by molar-refractivity contribution is 4.96. The third kappa shape index (κ3) is 3.06. The Labute approximate surface area is 113 Å². The molecule has 0 aromatic heterocycles. The fourth-order valence-corrected chi connectivity index (χ4v) is 3.97. The van der Waals surface area contributed by atoms with E-state index in [0.717, 1.165) is 19.1 Å². The molecule has 18 heavy (non-hydrogen) atoms. The molecule has 3 heteroatoms. The second kappa shape index (κ2) is 5.89. The standard InChI is InChI=1S/C15H31N3/c1-15(2)9-10-17(3)12-14(11-16)18(15)13-7-5-4-6-8-13/h13-14H,4-12,16H2,1-3H3. The van der Waals surface area contributed by atoms with Crippen LogP contribution in [0.2, 0.25) is 0 Å². The molecular weight excluding hydrogens is 222 g/mol. The van der Waals surface area contributed by atoms with Crippen molar-refractivity contribution >= 4 is 0 Å². The number of hydrogen-bond acceptors (Lipinski definition) is 3. The Hall–Kier alpha value is -0.120. The highest BCUT2D eigenvalue weighted by Crippen LogP contribution is 2.33. The van der Waals surface area contributed by atoms with Crippen LogP contribution in [0.1, 0.15) is 52.4 Å². The Morgan fingerprint density at radius 3 is 2.44 bits per heavy atom. The largest absolute Gasteiger partial charge is 0.329 e. The zero-order valence-electron chi connectivity index (χ0n) is 12.5. The number of likely N-dealkylation sites (N-methyl/N-ethyl adjacent to an activating group) is 1. The van der Waals surface area contributed by atoms with Gasteiger partial charge in [0, 0.05) is 30.7 Å². The van der Waals surface area contributed by atoms with Crippen LogP contribution in [0.3, 0.4) is 0 Å². The summed E-state index contributed by atoms with van der Waals surface area (Å²) in [5.74, 6) is 0. The molecule has 0 aromatic carbocycles. The average Bonchev–Trinajstić information content (AvgIpc) is 2.47. The Balaban J connectivity index is 2.18. The van der Waals surface area contributed by atoms with Crippen molar-refractivity contribution < 1.29 is 0 Å². The SMILES string of the molecule is CN1CCC(C)(C)N(C2CCCCC2)C(CN)C1. The first-order chi connectivity index (χ1) is 8.54. The van der Waals surface area contributed by atoms with Crippen molar-refractivity contribution in [1.29, 1.82) is 0 Å². The molecule has 1 saturated heterocycles. The van der Waals surface area contributed by atoms with Gasteiger partial charge in [-0.05, 0) is 46.7 Å². The van der Waals surface area contributed by atoms with E-state index in [1.807, 2.05) is 0 Å². The summed E-state index contributed by atoms with van der Waals surface area (Å²) >= 11 is 0. The summed E-state index contributed by atoms with van der Waals surface area (Å²) in [5.41, 5.74) is 6.39.